The average molecular weight is 229 g/mol. The monoisotopic (exact) mass is 228 g/mol. The van der Waals surface area contributed by atoms with Crippen molar-refractivity contribution in [1.82, 2.24) is 0 Å². The molecule has 0 atom stereocenters. The Hall–Kier alpha value is -1.22. The Morgan fingerprint density at radius 1 is 1.47 bits per heavy atom. The predicted molar refractivity (Wildman–Crippen MR) is 58.5 cm³/mol. The van der Waals surface area contributed by atoms with E-state index in [-0.39, 0.29) is 12.2 Å². The highest BCUT2D eigenvalue weighted by Gasteiger charge is 2.12. The molecule has 4 heteroatoms. The zero-order valence-corrected chi connectivity index (χ0v) is 9.43. The lowest BCUT2D eigenvalue weighted by Gasteiger charge is -2.10. The van der Waals surface area contributed by atoms with E-state index in [9.17, 15) is 9.90 Å². The quantitative estimate of drug-likeness (QED) is 0.836. The van der Waals surface area contributed by atoms with Crippen LogP contribution in [0.5, 0.6) is 5.75 Å². The first kappa shape index (κ1) is 11.9. The minimum Gasteiger partial charge on any atom is -0.506 e. The predicted octanol–water partition coefficient (Wildman–Crippen LogP) is 2.68. The van der Waals surface area contributed by atoms with Crippen LogP contribution < -0.4 is 0 Å². The number of benzene rings is 1. The first-order valence-electron chi connectivity index (χ1n) is 4.62. The molecule has 82 valence electrons. The van der Waals surface area contributed by atoms with E-state index in [4.69, 9.17) is 16.7 Å². The summed E-state index contributed by atoms with van der Waals surface area (Å²) in [4.78, 5) is 10.4. The summed E-state index contributed by atoms with van der Waals surface area (Å²) in [5.41, 5.74) is 2.37. The van der Waals surface area contributed by atoms with Crippen molar-refractivity contribution in [2.24, 2.45) is 0 Å². The molecule has 0 aliphatic carbocycles. The summed E-state index contributed by atoms with van der Waals surface area (Å²) in [6.45, 7) is 3.70. The molecule has 0 heterocycles. The Morgan fingerprint density at radius 2 is 2.07 bits per heavy atom. The van der Waals surface area contributed by atoms with Crippen LogP contribution in [0.15, 0.2) is 6.07 Å². The van der Waals surface area contributed by atoms with E-state index in [0.717, 1.165) is 11.1 Å². The second kappa shape index (κ2) is 4.53. The fraction of sp³-hybridized carbons (Fsp3) is 0.364. The normalized spacial score (nSPS) is 10.3. The van der Waals surface area contributed by atoms with Crippen LogP contribution in [0.25, 0.3) is 0 Å². The Labute approximate surface area is 93.3 Å². The van der Waals surface area contributed by atoms with Gasteiger partial charge in [-0.05, 0) is 37.0 Å². The third-order valence-corrected chi connectivity index (χ3v) is 2.89. The van der Waals surface area contributed by atoms with Crippen molar-refractivity contribution in [2.75, 3.05) is 0 Å². The van der Waals surface area contributed by atoms with Gasteiger partial charge in [-0.15, -0.1) is 0 Å². The molecule has 0 aromatic heterocycles. The molecule has 0 radical (unpaired) electrons. The number of aliphatic carboxylic acids is 1. The second-order valence-electron chi connectivity index (χ2n) is 3.53. The van der Waals surface area contributed by atoms with Gasteiger partial charge in [0.1, 0.15) is 5.75 Å². The lowest BCUT2D eigenvalue weighted by molar-refractivity contribution is -0.136. The van der Waals surface area contributed by atoms with Crippen molar-refractivity contribution in [3.05, 3.63) is 27.8 Å². The summed E-state index contributed by atoms with van der Waals surface area (Å²) in [6.07, 6.45) is 0.286. The topological polar surface area (TPSA) is 57.5 Å². The highest BCUT2D eigenvalue weighted by Crippen LogP contribution is 2.33. The molecule has 0 bridgehead atoms. The summed E-state index contributed by atoms with van der Waals surface area (Å²) < 4.78 is 0. The molecule has 1 rings (SSSR count). The molecule has 0 saturated heterocycles. The minimum atomic E-state index is -0.885. The van der Waals surface area contributed by atoms with Crippen molar-refractivity contribution in [3.63, 3.8) is 0 Å². The van der Waals surface area contributed by atoms with E-state index >= 15 is 0 Å². The standard InChI is InChI=1S/C11H13ClO3/c1-6-5-8(3-4-9(13)14)11(15)10(12)7(6)2/h5,15H,3-4H2,1-2H3,(H,13,14). The maximum atomic E-state index is 10.4. The molecule has 1 aromatic rings. The van der Waals surface area contributed by atoms with Crippen LogP contribution in [-0.2, 0) is 11.2 Å². The third kappa shape index (κ3) is 2.63. The van der Waals surface area contributed by atoms with Crippen LogP contribution in [0, 0.1) is 13.8 Å². The van der Waals surface area contributed by atoms with E-state index < -0.39 is 5.97 Å². The number of hydrogen-bond acceptors (Lipinski definition) is 2. The SMILES string of the molecule is Cc1cc(CCC(=O)O)c(O)c(Cl)c1C. The molecular weight excluding hydrogens is 216 g/mol. The number of carbonyl (C=O) groups is 1. The first-order valence-corrected chi connectivity index (χ1v) is 5.00. The largest absolute Gasteiger partial charge is 0.506 e. The number of rotatable bonds is 3. The van der Waals surface area contributed by atoms with E-state index in [0.29, 0.717) is 17.0 Å². The van der Waals surface area contributed by atoms with Gasteiger partial charge in [0.05, 0.1) is 5.02 Å². The van der Waals surface area contributed by atoms with E-state index in [1.54, 1.807) is 6.07 Å². The number of carboxylic acid groups (broad SMARTS) is 1. The molecule has 1 aromatic carbocycles. The van der Waals surface area contributed by atoms with E-state index in [1.165, 1.54) is 0 Å². The number of aryl methyl sites for hydroxylation is 2. The molecule has 0 aliphatic rings. The molecule has 2 N–H and O–H groups in total. The van der Waals surface area contributed by atoms with Gasteiger partial charge in [-0.25, -0.2) is 0 Å². The van der Waals surface area contributed by atoms with Gasteiger partial charge in [0.25, 0.3) is 0 Å². The van der Waals surface area contributed by atoms with Gasteiger partial charge >= 0.3 is 5.97 Å². The van der Waals surface area contributed by atoms with Crippen LogP contribution in [0.3, 0.4) is 0 Å². The Bertz CT molecular complexity index is 399. The van der Waals surface area contributed by atoms with Crippen molar-refractivity contribution < 1.29 is 15.0 Å². The fourth-order valence-electron chi connectivity index (χ4n) is 1.36. The molecule has 0 saturated carbocycles. The molecule has 0 spiro atoms. The molecule has 0 unspecified atom stereocenters. The van der Waals surface area contributed by atoms with Crippen LogP contribution >= 0.6 is 11.6 Å². The third-order valence-electron chi connectivity index (χ3n) is 2.43. The van der Waals surface area contributed by atoms with Gasteiger partial charge in [0, 0.05) is 6.42 Å². The number of phenols is 1. The summed E-state index contributed by atoms with van der Waals surface area (Å²) in [7, 11) is 0. The van der Waals surface area contributed by atoms with Crippen molar-refractivity contribution in [1.29, 1.82) is 0 Å². The van der Waals surface area contributed by atoms with Gasteiger partial charge in [-0.3, -0.25) is 4.79 Å². The van der Waals surface area contributed by atoms with Crippen molar-refractivity contribution in [3.8, 4) is 5.75 Å². The summed E-state index contributed by atoms with van der Waals surface area (Å²) in [5.74, 6) is -0.884. The Kier molecular flexibility index (Phi) is 3.58. The number of carboxylic acids is 1. The van der Waals surface area contributed by atoms with Crippen LogP contribution in [-0.4, -0.2) is 16.2 Å². The van der Waals surface area contributed by atoms with Gasteiger partial charge in [0.2, 0.25) is 0 Å². The smallest absolute Gasteiger partial charge is 0.303 e. The van der Waals surface area contributed by atoms with E-state index in [2.05, 4.69) is 0 Å². The number of hydrogen-bond donors (Lipinski definition) is 2. The molecular formula is C11H13ClO3. The summed E-state index contributed by atoms with van der Waals surface area (Å²) >= 11 is 5.91. The number of aromatic hydroxyl groups is 1. The highest BCUT2D eigenvalue weighted by atomic mass is 35.5. The highest BCUT2D eigenvalue weighted by molar-refractivity contribution is 6.33. The molecule has 0 amide bonds. The number of phenolic OH excluding ortho intramolecular Hbond substituents is 1. The average Bonchev–Trinajstić information content (AvgIpc) is 2.18. The molecule has 0 fully saturated rings. The number of halogens is 1. The molecule has 3 nitrogen and oxygen atoms in total. The maximum absolute atomic E-state index is 10.4. The molecule has 0 aliphatic heterocycles. The lowest BCUT2D eigenvalue weighted by Crippen LogP contribution is -1.99. The van der Waals surface area contributed by atoms with Crippen molar-refractivity contribution >= 4 is 17.6 Å². The Balaban J connectivity index is 3.04. The molecule has 15 heavy (non-hydrogen) atoms. The fourth-order valence-corrected chi connectivity index (χ4v) is 1.63. The van der Waals surface area contributed by atoms with Gasteiger partial charge in [0.15, 0.2) is 0 Å². The van der Waals surface area contributed by atoms with E-state index in [1.807, 2.05) is 13.8 Å². The van der Waals surface area contributed by atoms with Gasteiger partial charge in [-0.1, -0.05) is 17.7 Å². The first-order chi connectivity index (χ1) is 6.93. The Morgan fingerprint density at radius 3 is 2.60 bits per heavy atom. The van der Waals surface area contributed by atoms with Crippen LogP contribution in [0.4, 0.5) is 0 Å². The van der Waals surface area contributed by atoms with Gasteiger partial charge in [-0.2, -0.15) is 0 Å². The maximum Gasteiger partial charge on any atom is 0.303 e. The van der Waals surface area contributed by atoms with Crippen LogP contribution in [0.1, 0.15) is 23.1 Å². The van der Waals surface area contributed by atoms with Crippen LogP contribution in [0.2, 0.25) is 5.02 Å². The van der Waals surface area contributed by atoms with Crippen molar-refractivity contribution in [2.45, 2.75) is 26.7 Å². The zero-order valence-electron chi connectivity index (χ0n) is 8.67. The summed E-state index contributed by atoms with van der Waals surface area (Å²) in [5, 5.41) is 18.6. The minimum absolute atomic E-state index is 0.000941. The summed E-state index contributed by atoms with van der Waals surface area (Å²) in [6, 6.07) is 1.78. The van der Waals surface area contributed by atoms with Gasteiger partial charge < -0.3 is 10.2 Å². The lowest BCUT2D eigenvalue weighted by atomic mass is 10.0. The second-order valence-corrected chi connectivity index (χ2v) is 3.91. The zero-order chi connectivity index (χ0) is 11.6.